The summed E-state index contributed by atoms with van der Waals surface area (Å²) < 4.78 is 5.73. The van der Waals surface area contributed by atoms with Gasteiger partial charge in [-0.2, -0.15) is 0 Å². The van der Waals surface area contributed by atoms with E-state index in [9.17, 15) is 9.59 Å². The van der Waals surface area contributed by atoms with Crippen molar-refractivity contribution in [2.45, 2.75) is 13.0 Å². The average Bonchev–Trinajstić information content (AvgIpc) is 2.94. The fourth-order valence-electron chi connectivity index (χ4n) is 2.54. The molecule has 0 aromatic heterocycles. The number of carboxylic acid groups (broad SMARTS) is 1. The first-order valence-electron chi connectivity index (χ1n) is 7.46. The number of nitrogens with one attached hydrogen (secondary N) is 1. The molecule has 1 aromatic rings. The number of amides is 1. The molecule has 0 spiro atoms. The molecule has 128 valence electrons. The van der Waals surface area contributed by atoms with Crippen LogP contribution in [0.4, 0.5) is 0 Å². The first-order valence-corrected chi connectivity index (χ1v) is 7.46. The van der Waals surface area contributed by atoms with Crippen molar-refractivity contribution in [1.82, 2.24) is 10.2 Å². The Bertz CT molecular complexity index is 498. The van der Waals surface area contributed by atoms with Gasteiger partial charge in [-0.25, -0.2) is 0 Å². The maximum Gasteiger partial charge on any atom is 0.322 e. The Kier molecular flexibility index (Phi) is 8.61. The SMILES string of the molecule is Cl.O=C(O)CNC(=O)CN1CCC(COCc2ccccc2)C1. The Hall–Kier alpha value is -1.63. The van der Waals surface area contributed by atoms with Crippen molar-refractivity contribution in [2.75, 3.05) is 32.8 Å². The molecule has 1 heterocycles. The van der Waals surface area contributed by atoms with Crippen LogP contribution in [0.25, 0.3) is 0 Å². The molecular formula is C16H23ClN2O4. The van der Waals surface area contributed by atoms with Crippen molar-refractivity contribution in [3.05, 3.63) is 35.9 Å². The summed E-state index contributed by atoms with van der Waals surface area (Å²) in [5.74, 6) is -0.841. The van der Waals surface area contributed by atoms with Crippen LogP contribution >= 0.6 is 12.4 Å². The predicted molar refractivity (Wildman–Crippen MR) is 88.5 cm³/mol. The minimum absolute atomic E-state index is 0. The minimum atomic E-state index is -1.03. The Morgan fingerprint density at radius 1 is 1.30 bits per heavy atom. The lowest BCUT2D eigenvalue weighted by Crippen LogP contribution is -2.38. The van der Waals surface area contributed by atoms with Gasteiger partial charge in [-0.05, 0) is 24.4 Å². The highest BCUT2D eigenvalue weighted by atomic mass is 35.5. The normalized spacial score (nSPS) is 17.5. The average molecular weight is 343 g/mol. The van der Waals surface area contributed by atoms with Crippen molar-refractivity contribution < 1.29 is 19.4 Å². The summed E-state index contributed by atoms with van der Waals surface area (Å²) in [6.45, 7) is 2.88. The zero-order valence-electron chi connectivity index (χ0n) is 12.9. The number of carboxylic acids is 1. The quantitative estimate of drug-likeness (QED) is 0.741. The largest absolute Gasteiger partial charge is 0.480 e. The molecular weight excluding hydrogens is 320 g/mol. The molecule has 0 radical (unpaired) electrons. The number of nitrogens with zero attached hydrogens (tertiary/aromatic N) is 1. The molecule has 7 heteroatoms. The molecule has 1 atom stereocenters. The van der Waals surface area contributed by atoms with Gasteiger partial charge in [-0.3, -0.25) is 14.5 Å². The summed E-state index contributed by atoms with van der Waals surface area (Å²) in [5.41, 5.74) is 1.16. The highest BCUT2D eigenvalue weighted by Gasteiger charge is 2.24. The number of carbonyl (C=O) groups is 2. The fourth-order valence-corrected chi connectivity index (χ4v) is 2.54. The lowest BCUT2D eigenvalue weighted by atomic mass is 10.1. The molecule has 1 aliphatic rings. The van der Waals surface area contributed by atoms with Crippen LogP contribution in [0.15, 0.2) is 30.3 Å². The summed E-state index contributed by atoms with van der Waals surface area (Å²) in [6.07, 6.45) is 1.00. The van der Waals surface area contributed by atoms with E-state index in [4.69, 9.17) is 9.84 Å². The van der Waals surface area contributed by atoms with E-state index in [1.807, 2.05) is 35.2 Å². The summed E-state index contributed by atoms with van der Waals surface area (Å²) >= 11 is 0. The van der Waals surface area contributed by atoms with Crippen LogP contribution in [0.2, 0.25) is 0 Å². The van der Waals surface area contributed by atoms with E-state index in [0.29, 0.717) is 19.1 Å². The van der Waals surface area contributed by atoms with Crippen molar-refractivity contribution >= 4 is 24.3 Å². The lowest BCUT2D eigenvalue weighted by molar-refractivity contribution is -0.138. The van der Waals surface area contributed by atoms with Gasteiger partial charge in [-0.1, -0.05) is 30.3 Å². The van der Waals surface area contributed by atoms with Crippen LogP contribution in [0, 0.1) is 5.92 Å². The molecule has 23 heavy (non-hydrogen) atoms. The number of aliphatic carboxylic acids is 1. The summed E-state index contributed by atoms with van der Waals surface area (Å²) in [6, 6.07) is 10.0. The topological polar surface area (TPSA) is 78.9 Å². The molecule has 1 saturated heterocycles. The van der Waals surface area contributed by atoms with E-state index in [1.54, 1.807) is 0 Å². The van der Waals surface area contributed by atoms with Gasteiger partial charge in [-0.15, -0.1) is 12.4 Å². The number of benzene rings is 1. The zero-order chi connectivity index (χ0) is 15.8. The molecule has 1 unspecified atom stereocenters. The second-order valence-electron chi connectivity index (χ2n) is 5.56. The molecule has 0 saturated carbocycles. The maximum atomic E-state index is 11.6. The van der Waals surface area contributed by atoms with Crippen molar-refractivity contribution in [2.24, 2.45) is 5.92 Å². The summed E-state index contributed by atoms with van der Waals surface area (Å²) in [4.78, 5) is 24.0. The van der Waals surface area contributed by atoms with E-state index < -0.39 is 5.97 Å². The number of hydrogen-bond donors (Lipinski definition) is 2. The van der Waals surface area contributed by atoms with Crippen LogP contribution < -0.4 is 5.32 Å². The van der Waals surface area contributed by atoms with Crippen LogP contribution in [0.3, 0.4) is 0 Å². The third kappa shape index (κ3) is 7.45. The number of hydrogen-bond acceptors (Lipinski definition) is 4. The van der Waals surface area contributed by atoms with Gasteiger partial charge in [0.25, 0.3) is 0 Å². The van der Waals surface area contributed by atoms with Gasteiger partial charge in [0.2, 0.25) is 5.91 Å². The van der Waals surface area contributed by atoms with Crippen LogP contribution in [0.5, 0.6) is 0 Å². The van der Waals surface area contributed by atoms with Gasteiger partial charge in [0.1, 0.15) is 6.54 Å². The third-order valence-corrected chi connectivity index (χ3v) is 3.64. The lowest BCUT2D eigenvalue weighted by Gasteiger charge is -2.15. The van der Waals surface area contributed by atoms with Gasteiger partial charge < -0.3 is 15.2 Å². The minimum Gasteiger partial charge on any atom is -0.480 e. The second kappa shape index (κ2) is 10.2. The second-order valence-corrected chi connectivity index (χ2v) is 5.56. The van der Waals surface area contributed by atoms with E-state index in [0.717, 1.165) is 25.1 Å². The van der Waals surface area contributed by atoms with Crippen LogP contribution in [0.1, 0.15) is 12.0 Å². The monoisotopic (exact) mass is 342 g/mol. The van der Waals surface area contributed by atoms with Crippen LogP contribution in [-0.4, -0.2) is 54.7 Å². The number of likely N-dealkylation sites (tertiary alicyclic amines) is 1. The summed E-state index contributed by atoms with van der Waals surface area (Å²) in [7, 11) is 0. The molecule has 1 aliphatic heterocycles. The smallest absolute Gasteiger partial charge is 0.322 e. The molecule has 0 bridgehead atoms. The summed E-state index contributed by atoms with van der Waals surface area (Å²) in [5, 5.41) is 10.9. The molecule has 1 aromatic carbocycles. The van der Waals surface area contributed by atoms with Crippen molar-refractivity contribution in [1.29, 1.82) is 0 Å². The molecule has 1 amide bonds. The molecule has 6 nitrogen and oxygen atoms in total. The fraction of sp³-hybridized carbons (Fsp3) is 0.500. The first-order chi connectivity index (χ1) is 10.6. The Labute approximate surface area is 142 Å². The Balaban J connectivity index is 0.00000264. The van der Waals surface area contributed by atoms with E-state index in [1.165, 1.54) is 0 Å². The van der Waals surface area contributed by atoms with E-state index in [2.05, 4.69) is 5.32 Å². The van der Waals surface area contributed by atoms with Gasteiger partial charge in [0.15, 0.2) is 0 Å². The van der Waals surface area contributed by atoms with Crippen molar-refractivity contribution in [3.8, 4) is 0 Å². The molecule has 2 rings (SSSR count). The van der Waals surface area contributed by atoms with E-state index in [-0.39, 0.29) is 31.4 Å². The molecule has 0 aliphatic carbocycles. The van der Waals surface area contributed by atoms with E-state index >= 15 is 0 Å². The number of halogens is 1. The molecule has 2 N–H and O–H groups in total. The Morgan fingerprint density at radius 2 is 2.04 bits per heavy atom. The Morgan fingerprint density at radius 3 is 2.74 bits per heavy atom. The van der Waals surface area contributed by atoms with Gasteiger partial charge >= 0.3 is 5.97 Å². The zero-order valence-corrected chi connectivity index (χ0v) is 13.8. The maximum absolute atomic E-state index is 11.6. The van der Waals surface area contributed by atoms with Crippen molar-refractivity contribution in [3.63, 3.8) is 0 Å². The highest BCUT2D eigenvalue weighted by molar-refractivity contribution is 5.85. The highest BCUT2D eigenvalue weighted by Crippen LogP contribution is 2.16. The predicted octanol–water partition coefficient (Wildman–Crippen LogP) is 1.15. The number of ether oxygens (including phenoxy) is 1. The van der Waals surface area contributed by atoms with Gasteiger partial charge in [0, 0.05) is 6.54 Å². The first kappa shape index (κ1) is 19.4. The molecule has 1 fully saturated rings. The standard InChI is InChI=1S/C16H22N2O4.ClH/c19-15(17-8-16(20)21)10-18-7-6-14(9-18)12-22-11-13-4-2-1-3-5-13;/h1-5,14H,6-12H2,(H,17,19)(H,20,21);1H. The third-order valence-electron chi connectivity index (χ3n) is 3.64. The van der Waals surface area contributed by atoms with Crippen LogP contribution in [-0.2, 0) is 20.9 Å². The number of rotatable bonds is 8. The number of carbonyl (C=O) groups excluding carboxylic acids is 1. The van der Waals surface area contributed by atoms with Gasteiger partial charge in [0.05, 0.1) is 19.8 Å².